The normalized spacial score (nSPS) is 47.5. The molecule has 0 saturated heterocycles. The number of carbonyl (C=O) groups excluding carboxylic acids is 1. The van der Waals surface area contributed by atoms with E-state index in [1.54, 1.807) is 6.92 Å². The second-order valence-corrected chi connectivity index (χ2v) is 9.50. The Bertz CT molecular complexity index is 597. The van der Waals surface area contributed by atoms with Gasteiger partial charge >= 0.3 is 0 Å². The molecular weight excluding hydrogens is 320 g/mol. The number of aliphatic hydroxyl groups is 4. The smallest absolute Gasteiger partial charge is 0.138 e. The van der Waals surface area contributed by atoms with Crippen LogP contribution in [0.2, 0.25) is 0 Å². The van der Waals surface area contributed by atoms with Crippen molar-refractivity contribution in [3.8, 4) is 0 Å². The maximum Gasteiger partial charge on any atom is 0.138 e. The van der Waals surface area contributed by atoms with Gasteiger partial charge in [0.15, 0.2) is 0 Å². The average molecular weight is 352 g/mol. The minimum Gasteiger partial charge on any atom is -0.394 e. The van der Waals surface area contributed by atoms with Crippen LogP contribution in [0.15, 0.2) is 11.6 Å². The number of carbonyl (C=O) groups is 1. The predicted molar refractivity (Wildman–Crippen MR) is 93.6 cm³/mol. The van der Waals surface area contributed by atoms with Crippen LogP contribution in [-0.4, -0.2) is 51.1 Å². The Hall–Kier alpha value is -0.750. The number of ketones is 1. The first-order valence-corrected chi connectivity index (χ1v) is 9.38. The molecule has 0 aromatic heterocycles. The fourth-order valence-electron chi connectivity index (χ4n) is 6.13. The monoisotopic (exact) mass is 352 g/mol. The zero-order chi connectivity index (χ0) is 18.8. The Morgan fingerprint density at radius 2 is 1.88 bits per heavy atom. The second kappa shape index (κ2) is 5.88. The number of fused-ring (bicyclic) bond motifs is 3. The molecule has 3 aliphatic rings. The summed E-state index contributed by atoms with van der Waals surface area (Å²) >= 11 is 0. The summed E-state index contributed by atoms with van der Waals surface area (Å²) in [4.78, 5) is 12.5. The average Bonchev–Trinajstić information content (AvgIpc) is 2.55. The highest BCUT2D eigenvalue weighted by Gasteiger charge is 2.62. The van der Waals surface area contributed by atoms with E-state index in [0.717, 1.165) is 5.57 Å². The van der Waals surface area contributed by atoms with Crippen LogP contribution >= 0.6 is 0 Å². The summed E-state index contributed by atoms with van der Waals surface area (Å²) in [6, 6.07) is 0. The van der Waals surface area contributed by atoms with E-state index in [4.69, 9.17) is 0 Å². The predicted octanol–water partition coefficient (Wildman–Crippen LogP) is 1.43. The largest absolute Gasteiger partial charge is 0.394 e. The van der Waals surface area contributed by atoms with Crippen molar-refractivity contribution < 1.29 is 25.2 Å². The number of hydrogen-bond acceptors (Lipinski definition) is 5. The Kier molecular flexibility index (Phi) is 4.47. The van der Waals surface area contributed by atoms with Gasteiger partial charge in [-0.1, -0.05) is 33.8 Å². The van der Waals surface area contributed by atoms with Gasteiger partial charge < -0.3 is 20.4 Å². The lowest BCUT2D eigenvalue weighted by Crippen LogP contribution is -2.62. The Morgan fingerprint density at radius 3 is 2.48 bits per heavy atom. The maximum absolute atomic E-state index is 12.5. The first kappa shape index (κ1) is 19.0. The number of allylic oxidation sites excluding steroid dienone is 1. The van der Waals surface area contributed by atoms with Crippen molar-refractivity contribution in [2.75, 3.05) is 6.61 Å². The molecule has 0 spiro atoms. The van der Waals surface area contributed by atoms with Crippen LogP contribution in [0.5, 0.6) is 0 Å². The molecule has 0 unspecified atom stereocenters. The summed E-state index contributed by atoms with van der Waals surface area (Å²) in [6.07, 6.45) is 1.42. The fraction of sp³-hybridized carbons (Fsp3) is 0.850. The first-order chi connectivity index (χ1) is 11.5. The number of Topliss-reactive ketones (excluding diaryl/α,β-unsaturated/α-hetero) is 1. The third kappa shape index (κ3) is 2.47. The molecule has 3 rings (SSSR count). The van der Waals surface area contributed by atoms with Crippen LogP contribution in [-0.2, 0) is 4.79 Å². The maximum atomic E-state index is 12.5. The lowest BCUT2D eigenvalue weighted by Gasteiger charge is -2.61. The third-order valence-corrected chi connectivity index (χ3v) is 7.84. The van der Waals surface area contributed by atoms with Crippen molar-refractivity contribution in [3.05, 3.63) is 11.6 Å². The summed E-state index contributed by atoms with van der Waals surface area (Å²) in [5, 5.41) is 41.7. The van der Waals surface area contributed by atoms with Gasteiger partial charge in [-0.3, -0.25) is 4.79 Å². The van der Waals surface area contributed by atoms with Crippen LogP contribution in [0.25, 0.3) is 0 Å². The van der Waals surface area contributed by atoms with Crippen molar-refractivity contribution >= 4 is 5.78 Å². The van der Waals surface area contributed by atoms with Crippen molar-refractivity contribution in [2.45, 2.75) is 71.7 Å². The van der Waals surface area contributed by atoms with Crippen LogP contribution in [0.4, 0.5) is 0 Å². The molecule has 0 aromatic carbocycles. The quantitative estimate of drug-likeness (QED) is 0.564. The van der Waals surface area contributed by atoms with Crippen molar-refractivity contribution in [1.82, 2.24) is 0 Å². The van der Waals surface area contributed by atoms with E-state index in [1.165, 1.54) is 0 Å². The van der Waals surface area contributed by atoms with Gasteiger partial charge in [-0.2, -0.15) is 0 Å². The van der Waals surface area contributed by atoms with Crippen LogP contribution < -0.4 is 0 Å². The van der Waals surface area contributed by atoms with Gasteiger partial charge in [0.2, 0.25) is 0 Å². The molecule has 25 heavy (non-hydrogen) atoms. The summed E-state index contributed by atoms with van der Waals surface area (Å²) in [5.41, 5.74) is -0.893. The van der Waals surface area contributed by atoms with Crippen LogP contribution in [0.1, 0.15) is 53.4 Å². The van der Waals surface area contributed by atoms with E-state index in [1.807, 2.05) is 19.9 Å². The summed E-state index contributed by atoms with van der Waals surface area (Å²) in [6.45, 7) is 7.43. The zero-order valence-electron chi connectivity index (χ0n) is 15.7. The molecule has 142 valence electrons. The summed E-state index contributed by atoms with van der Waals surface area (Å²) in [7, 11) is 0. The Morgan fingerprint density at radius 1 is 1.24 bits per heavy atom. The van der Waals surface area contributed by atoms with Crippen molar-refractivity contribution in [3.63, 3.8) is 0 Å². The molecule has 3 aliphatic carbocycles. The molecule has 5 heteroatoms. The minimum atomic E-state index is -1.09. The molecule has 0 aliphatic heterocycles. The highest BCUT2D eigenvalue weighted by molar-refractivity contribution is 5.85. The lowest BCUT2D eigenvalue weighted by molar-refractivity contribution is -0.164. The number of aliphatic hydroxyl groups excluding tert-OH is 4. The standard InChI is InChI=1S/C20H32O5/c1-18(2)13-6-5-11-16(19(13,3)8-7-14(18)23)12(22)9-20(4,17(11)25)15(24)10-21/h5,12-13,15-17,21-22,24-25H,6-10H2,1-4H3/t12-,13+,15-,16-,17-,19+,20-/m1/s1. The highest BCUT2D eigenvalue weighted by Crippen LogP contribution is 2.63. The Balaban J connectivity index is 2.05. The molecule has 0 heterocycles. The van der Waals surface area contributed by atoms with E-state index in [-0.39, 0.29) is 29.5 Å². The van der Waals surface area contributed by atoms with Gasteiger partial charge in [0, 0.05) is 23.2 Å². The molecule has 7 atom stereocenters. The van der Waals surface area contributed by atoms with Crippen molar-refractivity contribution in [2.24, 2.45) is 28.1 Å². The first-order valence-electron chi connectivity index (χ1n) is 9.38. The Labute approximate surface area is 149 Å². The van der Waals surface area contributed by atoms with Gasteiger partial charge in [0.25, 0.3) is 0 Å². The molecule has 0 aromatic rings. The topological polar surface area (TPSA) is 98.0 Å². The molecule has 0 amide bonds. The molecule has 5 nitrogen and oxygen atoms in total. The van der Waals surface area contributed by atoms with E-state index in [9.17, 15) is 25.2 Å². The molecular formula is C20H32O5. The molecule has 4 N–H and O–H groups in total. The van der Waals surface area contributed by atoms with Crippen LogP contribution in [0.3, 0.4) is 0 Å². The zero-order valence-corrected chi connectivity index (χ0v) is 15.7. The van der Waals surface area contributed by atoms with Crippen molar-refractivity contribution in [1.29, 1.82) is 0 Å². The van der Waals surface area contributed by atoms with Gasteiger partial charge in [-0.25, -0.2) is 0 Å². The summed E-state index contributed by atoms with van der Waals surface area (Å²) < 4.78 is 0. The van der Waals surface area contributed by atoms with Crippen LogP contribution in [0, 0.1) is 28.1 Å². The van der Waals surface area contributed by atoms with E-state index >= 15 is 0 Å². The summed E-state index contributed by atoms with van der Waals surface area (Å²) in [5.74, 6) is 0.190. The lowest BCUT2D eigenvalue weighted by atomic mass is 9.44. The molecule has 2 saturated carbocycles. The second-order valence-electron chi connectivity index (χ2n) is 9.50. The third-order valence-electron chi connectivity index (χ3n) is 7.84. The van der Waals surface area contributed by atoms with E-state index < -0.39 is 35.7 Å². The van der Waals surface area contributed by atoms with E-state index in [2.05, 4.69) is 6.92 Å². The van der Waals surface area contributed by atoms with E-state index in [0.29, 0.717) is 19.3 Å². The van der Waals surface area contributed by atoms with Gasteiger partial charge in [-0.05, 0) is 36.2 Å². The van der Waals surface area contributed by atoms with Gasteiger partial charge in [0.1, 0.15) is 5.78 Å². The highest BCUT2D eigenvalue weighted by atomic mass is 16.3. The fourth-order valence-corrected chi connectivity index (χ4v) is 6.13. The van der Waals surface area contributed by atoms with Gasteiger partial charge in [0.05, 0.1) is 24.9 Å². The number of hydrogen-bond donors (Lipinski definition) is 4. The number of rotatable bonds is 2. The minimum absolute atomic E-state index is 0.129. The molecule has 2 fully saturated rings. The SMILES string of the molecule is CC1(C)C(=O)CC[C@]2(C)[C@@H]3C(=CC[C@@H]12)[C@@H](O)[C@@](C)([C@H](O)CO)C[C@H]3O. The molecule has 0 radical (unpaired) electrons. The van der Waals surface area contributed by atoms with Gasteiger partial charge in [-0.15, -0.1) is 0 Å². The molecule has 0 bridgehead atoms.